The lowest BCUT2D eigenvalue weighted by molar-refractivity contribution is 0.385. The Morgan fingerprint density at radius 2 is 1.94 bits per heavy atom. The number of hydrogen-bond acceptors (Lipinski definition) is 2. The second kappa shape index (κ2) is 8.60. The highest BCUT2D eigenvalue weighted by Gasteiger charge is 2.16. The van der Waals surface area contributed by atoms with Crippen molar-refractivity contribution in [3.05, 3.63) is 35.9 Å². The normalized spacial score (nSPS) is 14.5. The predicted molar refractivity (Wildman–Crippen MR) is 79.6 cm³/mol. The molecule has 1 aromatic carbocycles. The first-order valence-electron chi connectivity index (χ1n) is 6.59. The van der Waals surface area contributed by atoms with Crippen molar-refractivity contribution in [3.63, 3.8) is 0 Å². The van der Waals surface area contributed by atoms with E-state index in [0.717, 1.165) is 0 Å². The number of thioether (sulfide) groups is 1. The molecule has 0 saturated heterocycles. The van der Waals surface area contributed by atoms with Crippen molar-refractivity contribution in [2.24, 2.45) is 5.92 Å². The van der Waals surface area contributed by atoms with Crippen LogP contribution in [0.1, 0.15) is 38.3 Å². The number of benzene rings is 1. The van der Waals surface area contributed by atoms with Gasteiger partial charge in [0.2, 0.25) is 0 Å². The first-order valence-corrected chi connectivity index (χ1v) is 7.75. The minimum Gasteiger partial charge on any atom is -0.313 e. The lowest BCUT2D eigenvalue weighted by atomic mass is 9.91. The van der Waals surface area contributed by atoms with Gasteiger partial charge in [-0.15, -0.1) is 0 Å². The number of rotatable bonds is 8. The molecule has 0 heterocycles. The standard InChI is InChI=1S/C15H25NS/c1-4-17-12-8-9-13(2)15(16-3)14-10-6-5-7-11-14/h5-7,10-11,13,15-16H,4,8-9,12H2,1-3H3. The van der Waals surface area contributed by atoms with E-state index in [-0.39, 0.29) is 0 Å². The lowest BCUT2D eigenvalue weighted by Crippen LogP contribution is -2.23. The molecule has 0 aromatic heterocycles. The molecule has 0 fully saturated rings. The van der Waals surface area contributed by atoms with Crippen molar-refractivity contribution in [3.8, 4) is 0 Å². The van der Waals surface area contributed by atoms with Crippen LogP contribution in [0.5, 0.6) is 0 Å². The Kier molecular flexibility index (Phi) is 7.38. The average Bonchev–Trinajstić information content (AvgIpc) is 2.37. The van der Waals surface area contributed by atoms with Crippen molar-refractivity contribution in [1.29, 1.82) is 0 Å². The Hall–Kier alpha value is -0.470. The molecular weight excluding hydrogens is 226 g/mol. The summed E-state index contributed by atoms with van der Waals surface area (Å²) in [6.45, 7) is 4.58. The first-order chi connectivity index (χ1) is 8.29. The second-order valence-corrected chi connectivity index (χ2v) is 5.89. The number of nitrogens with one attached hydrogen (secondary N) is 1. The smallest absolute Gasteiger partial charge is 0.0343 e. The van der Waals surface area contributed by atoms with Gasteiger partial charge < -0.3 is 5.32 Å². The van der Waals surface area contributed by atoms with Gasteiger partial charge in [-0.1, -0.05) is 44.2 Å². The molecule has 1 N–H and O–H groups in total. The van der Waals surface area contributed by atoms with Crippen molar-refractivity contribution in [2.75, 3.05) is 18.6 Å². The van der Waals surface area contributed by atoms with Crippen LogP contribution in [0, 0.1) is 5.92 Å². The van der Waals surface area contributed by atoms with Gasteiger partial charge in [-0.3, -0.25) is 0 Å². The molecule has 0 bridgehead atoms. The summed E-state index contributed by atoms with van der Waals surface area (Å²) < 4.78 is 0. The van der Waals surface area contributed by atoms with Crippen LogP contribution in [-0.2, 0) is 0 Å². The summed E-state index contributed by atoms with van der Waals surface area (Å²) in [7, 11) is 2.06. The minimum atomic E-state index is 0.489. The van der Waals surface area contributed by atoms with E-state index >= 15 is 0 Å². The van der Waals surface area contributed by atoms with E-state index in [1.54, 1.807) is 0 Å². The zero-order valence-corrected chi connectivity index (χ0v) is 12.1. The van der Waals surface area contributed by atoms with Crippen LogP contribution in [0.15, 0.2) is 30.3 Å². The van der Waals surface area contributed by atoms with Crippen molar-refractivity contribution >= 4 is 11.8 Å². The predicted octanol–water partition coefficient (Wildman–Crippen LogP) is 4.12. The summed E-state index contributed by atoms with van der Waals surface area (Å²) in [5, 5.41) is 3.45. The van der Waals surface area contributed by atoms with Crippen LogP contribution in [0.2, 0.25) is 0 Å². The monoisotopic (exact) mass is 251 g/mol. The maximum atomic E-state index is 3.45. The van der Waals surface area contributed by atoms with E-state index < -0.39 is 0 Å². The van der Waals surface area contributed by atoms with Crippen LogP contribution in [0.25, 0.3) is 0 Å². The Bertz CT molecular complexity index is 286. The molecule has 1 aromatic rings. The Balaban J connectivity index is 2.44. The van der Waals surface area contributed by atoms with Crippen LogP contribution in [0.3, 0.4) is 0 Å². The molecule has 2 heteroatoms. The molecule has 0 amide bonds. The SMILES string of the molecule is CCSCCCC(C)C(NC)c1ccccc1. The molecule has 0 aliphatic rings. The van der Waals surface area contributed by atoms with Gasteiger partial charge in [0.25, 0.3) is 0 Å². The third-order valence-corrected chi connectivity index (χ3v) is 4.18. The highest BCUT2D eigenvalue weighted by atomic mass is 32.2. The van der Waals surface area contributed by atoms with Crippen LogP contribution in [-0.4, -0.2) is 18.6 Å². The van der Waals surface area contributed by atoms with E-state index in [4.69, 9.17) is 0 Å². The molecule has 0 radical (unpaired) electrons. The quantitative estimate of drug-likeness (QED) is 0.698. The maximum Gasteiger partial charge on any atom is 0.0343 e. The lowest BCUT2D eigenvalue weighted by Gasteiger charge is -2.24. The highest BCUT2D eigenvalue weighted by Crippen LogP contribution is 2.25. The largest absolute Gasteiger partial charge is 0.313 e. The summed E-state index contributed by atoms with van der Waals surface area (Å²) in [4.78, 5) is 0. The average molecular weight is 251 g/mol. The first kappa shape index (κ1) is 14.6. The zero-order chi connectivity index (χ0) is 12.5. The summed E-state index contributed by atoms with van der Waals surface area (Å²) in [5.41, 5.74) is 1.41. The molecule has 0 saturated carbocycles. The molecule has 0 spiro atoms. The topological polar surface area (TPSA) is 12.0 Å². The zero-order valence-electron chi connectivity index (χ0n) is 11.3. The Morgan fingerprint density at radius 1 is 1.24 bits per heavy atom. The number of hydrogen-bond donors (Lipinski definition) is 1. The van der Waals surface area contributed by atoms with Gasteiger partial charge in [0, 0.05) is 6.04 Å². The van der Waals surface area contributed by atoms with Gasteiger partial charge in [0.1, 0.15) is 0 Å². The van der Waals surface area contributed by atoms with Gasteiger partial charge in [-0.25, -0.2) is 0 Å². The molecule has 96 valence electrons. The molecule has 2 unspecified atom stereocenters. The fraction of sp³-hybridized carbons (Fsp3) is 0.600. The second-order valence-electron chi connectivity index (χ2n) is 4.49. The minimum absolute atomic E-state index is 0.489. The molecule has 1 rings (SSSR count). The molecule has 0 aliphatic carbocycles. The molecular formula is C15H25NS. The van der Waals surface area contributed by atoms with Crippen LogP contribution >= 0.6 is 11.8 Å². The van der Waals surface area contributed by atoms with Crippen LogP contribution < -0.4 is 5.32 Å². The van der Waals surface area contributed by atoms with Gasteiger partial charge in [-0.2, -0.15) is 11.8 Å². The van der Waals surface area contributed by atoms with Crippen molar-refractivity contribution < 1.29 is 0 Å². The van der Waals surface area contributed by atoms with E-state index in [2.05, 4.69) is 56.5 Å². The van der Waals surface area contributed by atoms with Crippen molar-refractivity contribution in [1.82, 2.24) is 5.32 Å². The summed E-state index contributed by atoms with van der Waals surface area (Å²) in [5.74, 6) is 3.23. The molecule has 2 atom stereocenters. The Labute approximate surface area is 110 Å². The fourth-order valence-electron chi connectivity index (χ4n) is 2.26. The van der Waals surface area contributed by atoms with E-state index in [1.165, 1.54) is 29.9 Å². The molecule has 0 aliphatic heterocycles. The van der Waals surface area contributed by atoms with Gasteiger partial charge in [0.05, 0.1) is 0 Å². The maximum absolute atomic E-state index is 3.45. The molecule has 17 heavy (non-hydrogen) atoms. The van der Waals surface area contributed by atoms with Gasteiger partial charge >= 0.3 is 0 Å². The fourth-order valence-corrected chi connectivity index (χ4v) is 2.92. The summed E-state index contributed by atoms with van der Waals surface area (Å²) >= 11 is 2.04. The van der Waals surface area contributed by atoms with Crippen molar-refractivity contribution in [2.45, 2.75) is 32.7 Å². The Morgan fingerprint density at radius 3 is 2.53 bits per heavy atom. The third kappa shape index (κ3) is 5.13. The van der Waals surface area contributed by atoms with E-state index in [1.807, 2.05) is 11.8 Å². The summed E-state index contributed by atoms with van der Waals surface area (Å²) in [6.07, 6.45) is 2.62. The molecule has 1 nitrogen and oxygen atoms in total. The van der Waals surface area contributed by atoms with Gasteiger partial charge in [0.15, 0.2) is 0 Å². The van der Waals surface area contributed by atoms with E-state index in [0.29, 0.717) is 12.0 Å². The van der Waals surface area contributed by atoms with Crippen LogP contribution in [0.4, 0.5) is 0 Å². The van der Waals surface area contributed by atoms with Gasteiger partial charge in [-0.05, 0) is 42.9 Å². The third-order valence-electron chi connectivity index (χ3n) is 3.19. The van der Waals surface area contributed by atoms with E-state index in [9.17, 15) is 0 Å². The summed E-state index contributed by atoms with van der Waals surface area (Å²) in [6, 6.07) is 11.3. The highest BCUT2D eigenvalue weighted by molar-refractivity contribution is 7.99.